The summed E-state index contributed by atoms with van der Waals surface area (Å²) in [4.78, 5) is 7.18. The summed E-state index contributed by atoms with van der Waals surface area (Å²) in [5.41, 5.74) is 0. The van der Waals surface area contributed by atoms with E-state index in [1.54, 1.807) is 0 Å². The van der Waals surface area contributed by atoms with Gasteiger partial charge in [0.2, 0.25) is 0 Å². The molecule has 15 heavy (non-hydrogen) atoms. The van der Waals surface area contributed by atoms with Crippen LogP contribution in [0.4, 0.5) is 0 Å². The predicted molar refractivity (Wildman–Crippen MR) is 62.3 cm³/mol. The average Bonchev–Trinajstić information content (AvgIpc) is 2.87. The minimum atomic E-state index is 0.709. The number of rotatable bonds is 1. The first-order valence-corrected chi connectivity index (χ1v) is 6.46. The zero-order valence-electron chi connectivity index (χ0n) is 9.41. The number of nitrogens with zero attached hydrogens (tertiary/aromatic N) is 2. The lowest BCUT2D eigenvalue weighted by Gasteiger charge is -2.35. The van der Waals surface area contributed by atoms with E-state index in [1.807, 2.05) is 0 Å². The minimum absolute atomic E-state index is 0.709. The maximum atomic E-state index is 4.51. The molecule has 3 aliphatic rings. The van der Waals surface area contributed by atoms with E-state index in [0.717, 1.165) is 12.6 Å². The van der Waals surface area contributed by atoms with Crippen LogP contribution >= 0.6 is 0 Å². The molecule has 2 fully saturated rings. The fourth-order valence-corrected chi connectivity index (χ4v) is 3.25. The van der Waals surface area contributed by atoms with E-state index in [1.165, 1.54) is 57.5 Å². The highest BCUT2D eigenvalue weighted by atomic mass is 15.2. The Hall–Kier alpha value is -0.570. The molecule has 2 atom stereocenters. The van der Waals surface area contributed by atoms with Crippen LogP contribution in [0.5, 0.6) is 0 Å². The van der Waals surface area contributed by atoms with Crippen LogP contribution in [-0.2, 0) is 0 Å². The van der Waals surface area contributed by atoms with Gasteiger partial charge in [-0.15, -0.1) is 0 Å². The summed E-state index contributed by atoms with van der Waals surface area (Å²) in [6, 6.07) is 1.58. The van der Waals surface area contributed by atoms with Gasteiger partial charge in [-0.05, 0) is 38.6 Å². The van der Waals surface area contributed by atoms with E-state index in [2.05, 4.69) is 15.2 Å². The van der Waals surface area contributed by atoms with Crippen LogP contribution in [0.15, 0.2) is 4.99 Å². The Kier molecular flexibility index (Phi) is 2.65. The fraction of sp³-hybridized carbons (Fsp3) is 0.917. The molecule has 0 aromatic carbocycles. The number of hydrogen-bond acceptors (Lipinski definition) is 3. The van der Waals surface area contributed by atoms with Crippen molar-refractivity contribution in [3.05, 3.63) is 0 Å². The number of aliphatic imine (C=N–C) groups is 1. The number of hydrogen-bond donors (Lipinski definition) is 1. The lowest BCUT2D eigenvalue weighted by Crippen LogP contribution is -2.47. The molecule has 3 aliphatic heterocycles. The maximum Gasteiger partial charge on any atom is 0.0965 e. The molecular formula is C12H21N3. The van der Waals surface area contributed by atoms with Gasteiger partial charge < -0.3 is 10.2 Å². The van der Waals surface area contributed by atoms with Crippen molar-refractivity contribution in [1.29, 1.82) is 0 Å². The van der Waals surface area contributed by atoms with Gasteiger partial charge in [0.15, 0.2) is 0 Å². The molecule has 3 rings (SSSR count). The van der Waals surface area contributed by atoms with E-state index in [0.29, 0.717) is 6.04 Å². The van der Waals surface area contributed by atoms with Gasteiger partial charge in [0.25, 0.3) is 0 Å². The van der Waals surface area contributed by atoms with Crippen LogP contribution in [0.2, 0.25) is 0 Å². The molecule has 0 aromatic heterocycles. The predicted octanol–water partition coefficient (Wildman–Crippen LogP) is 1.40. The van der Waals surface area contributed by atoms with Gasteiger partial charge in [0, 0.05) is 31.6 Å². The van der Waals surface area contributed by atoms with Crippen LogP contribution < -0.4 is 5.32 Å². The molecule has 3 heteroatoms. The third kappa shape index (κ3) is 2.03. The quantitative estimate of drug-likeness (QED) is 0.704. The van der Waals surface area contributed by atoms with Crippen LogP contribution in [-0.4, -0.2) is 42.5 Å². The van der Waals surface area contributed by atoms with Crippen molar-refractivity contribution in [2.45, 2.75) is 50.6 Å². The Labute approximate surface area is 91.9 Å². The van der Waals surface area contributed by atoms with Crippen LogP contribution in [0.25, 0.3) is 0 Å². The van der Waals surface area contributed by atoms with Crippen molar-refractivity contribution in [2.75, 3.05) is 19.6 Å². The number of amidine groups is 1. The Balaban J connectivity index is 1.54. The monoisotopic (exact) mass is 207 g/mol. The second-order valence-corrected chi connectivity index (χ2v) is 5.13. The summed E-state index contributed by atoms with van der Waals surface area (Å²) in [6.45, 7) is 3.69. The first-order valence-electron chi connectivity index (χ1n) is 6.46. The highest BCUT2D eigenvalue weighted by Gasteiger charge is 2.31. The molecule has 0 spiro atoms. The fourth-order valence-electron chi connectivity index (χ4n) is 3.25. The third-order valence-corrected chi connectivity index (χ3v) is 4.07. The summed E-state index contributed by atoms with van der Waals surface area (Å²) >= 11 is 0. The molecule has 3 heterocycles. The zero-order valence-corrected chi connectivity index (χ0v) is 9.41. The van der Waals surface area contributed by atoms with Gasteiger partial charge in [-0.3, -0.25) is 4.99 Å². The Morgan fingerprint density at radius 3 is 3.07 bits per heavy atom. The number of fused-ring (bicyclic) bond motifs is 1. The van der Waals surface area contributed by atoms with E-state index in [-0.39, 0.29) is 0 Å². The highest BCUT2D eigenvalue weighted by Crippen LogP contribution is 2.27. The Morgan fingerprint density at radius 1 is 1.20 bits per heavy atom. The van der Waals surface area contributed by atoms with Gasteiger partial charge in [-0.1, -0.05) is 0 Å². The van der Waals surface area contributed by atoms with Crippen LogP contribution in [0, 0.1) is 0 Å². The van der Waals surface area contributed by atoms with Crippen molar-refractivity contribution in [3.8, 4) is 0 Å². The molecule has 2 saturated heterocycles. The molecule has 0 aromatic rings. The molecular weight excluding hydrogens is 186 g/mol. The van der Waals surface area contributed by atoms with Gasteiger partial charge in [-0.2, -0.15) is 0 Å². The Bertz CT molecular complexity index is 262. The SMILES string of the molecule is C1CN=C(NC2CCN3CCCC3C2)C1. The topological polar surface area (TPSA) is 27.6 Å². The summed E-state index contributed by atoms with van der Waals surface area (Å²) in [5.74, 6) is 1.28. The van der Waals surface area contributed by atoms with E-state index in [4.69, 9.17) is 0 Å². The second kappa shape index (κ2) is 4.12. The third-order valence-electron chi connectivity index (χ3n) is 4.07. The summed E-state index contributed by atoms with van der Waals surface area (Å²) in [7, 11) is 0. The summed E-state index contributed by atoms with van der Waals surface area (Å²) in [5, 5.41) is 3.65. The summed E-state index contributed by atoms with van der Waals surface area (Å²) < 4.78 is 0. The molecule has 0 saturated carbocycles. The lowest BCUT2D eigenvalue weighted by atomic mass is 9.97. The number of nitrogens with one attached hydrogen (secondary N) is 1. The molecule has 84 valence electrons. The van der Waals surface area contributed by atoms with Crippen LogP contribution in [0.1, 0.15) is 38.5 Å². The number of piperidine rings is 1. The maximum absolute atomic E-state index is 4.51. The lowest BCUT2D eigenvalue weighted by molar-refractivity contribution is 0.175. The molecule has 3 nitrogen and oxygen atoms in total. The standard InChI is InChI=1S/C12H21N3/c1-4-12(13-6-1)14-10-5-8-15-7-2-3-11(15)9-10/h10-11H,1-9H2,(H,13,14). The van der Waals surface area contributed by atoms with Crippen molar-refractivity contribution >= 4 is 5.84 Å². The van der Waals surface area contributed by atoms with Gasteiger partial charge in [0.1, 0.15) is 0 Å². The van der Waals surface area contributed by atoms with Gasteiger partial charge in [-0.25, -0.2) is 0 Å². The van der Waals surface area contributed by atoms with Crippen molar-refractivity contribution < 1.29 is 0 Å². The largest absolute Gasteiger partial charge is 0.371 e. The van der Waals surface area contributed by atoms with Crippen LogP contribution in [0.3, 0.4) is 0 Å². The molecule has 1 N–H and O–H groups in total. The van der Waals surface area contributed by atoms with Gasteiger partial charge in [0.05, 0.1) is 5.84 Å². The molecule has 2 unspecified atom stereocenters. The second-order valence-electron chi connectivity index (χ2n) is 5.13. The molecule has 0 radical (unpaired) electrons. The Morgan fingerprint density at radius 2 is 2.20 bits per heavy atom. The normalized spacial score (nSPS) is 36.4. The van der Waals surface area contributed by atoms with Crippen molar-refractivity contribution in [2.24, 2.45) is 4.99 Å². The van der Waals surface area contributed by atoms with Gasteiger partial charge >= 0.3 is 0 Å². The minimum Gasteiger partial charge on any atom is -0.371 e. The molecule has 0 amide bonds. The van der Waals surface area contributed by atoms with E-state index >= 15 is 0 Å². The van der Waals surface area contributed by atoms with E-state index < -0.39 is 0 Å². The molecule has 0 bridgehead atoms. The van der Waals surface area contributed by atoms with Crippen molar-refractivity contribution in [1.82, 2.24) is 10.2 Å². The average molecular weight is 207 g/mol. The smallest absolute Gasteiger partial charge is 0.0965 e. The zero-order chi connectivity index (χ0) is 10.1. The van der Waals surface area contributed by atoms with Crippen molar-refractivity contribution in [3.63, 3.8) is 0 Å². The summed E-state index contributed by atoms with van der Waals surface area (Å²) in [6.07, 6.45) is 7.94. The van der Waals surface area contributed by atoms with E-state index in [9.17, 15) is 0 Å². The highest BCUT2D eigenvalue weighted by molar-refractivity contribution is 5.83. The first kappa shape index (κ1) is 9.64. The molecule has 0 aliphatic carbocycles. The first-order chi connectivity index (χ1) is 7.42.